The van der Waals surface area contributed by atoms with Crippen molar-refractivity contribution >= 4 is 8.07 Å². The second-order valence-electron chi connectivity index (χ2n) is 7.25. The maximum Gasteiger partial charge on any atom is 0.0237 e. The Morgan fingerprint density at radius 3 is 2.41 bits per heavy atom. The molecule has 3 heteroatoms. The van der Waals surface area contributed by atoms with Crippen molar-refractivity contribution in [2.24, 2.45) is 5.92 Å². The van der Waals surface area contributed by atoms with Gasteiger partial charge >= 0.3 is 0 Å². The summed E-state index contributed by atoms with van der Waals surface area (Å²) in [6, 6.07) is 12.2. The first kappa shape index (κ1) is 16.2. The van der Waals surface area contributed by atoms with Crippen LogP contribution in [0.15, 0.2) is 41.7 Å². The van der Waals surface area contributed by atoms with Gasteiger partial charge in [0.15, 0.2) is 0 Å². The molecule has 0 N–H and O–H groups in total. The highest BCUT2D eigenvalue weighted by atomic mass is 31.1. The lowest BCUT2D eigenvalue weighted by atomic mass is 10.1. The van der Waals surface area contributed by atoms with Crippen molar-refractivity contribution in [1.82, 2.24) is 9.57 Å². The third-order valence-corrected chi connectivity index (χ3v) is 7.70. The quantitative estimate of drug-likeness (QED) is 0.736. The fraction of sp³-hybridized carbons (Fsp3) is 0.579. The lowest BCUT2D eigenvalue weighted by molar-refractivity contribution is 0.313. The van der Waals surface area contributed by atoms with Crippen molar-refractivity contribution in [1.29, 1.82) is 0 Å². The van der Waals surface area contributed by atoms with E-state index in [1.807, 2.05) is 0 Å². The summed E-state index contributed by atoms with van der Waals surface area (Å²) >= 11 is 0. The van der Waals surface area contributed by atoms with Crippen molar-refractivity contribution in [3.05, 3.63) is 47.3 Å². The monoisotopic (exact) mass is 316 g/mol. The van der Waals surface area contributed by atoms with E-state index in [1.165, 1.54) is 24.8 Å². The minimum absolute atomic E-state index is 0.0544. The number of hydrogen-bond acceptors (Lipinski definition) is 2. The first-order chi connectivity index (χ1) is 10.5. The smallest absolute Gasteiger partial charge is 0.0237 e. The minimum Gasteiger partial charge on any atom is -0.295 e. The summed E-state index contributed by atoms with van der Waals surface area (Å²) in [5.41, 5.74) is 3.16. The lowest BCUT2D eigenvalue weighted by Crippen LogP contribution is -2.32. The first-order valence-corrected chi connectivity index (χ1v) is 10.1. The van der Waals surface area contributed by atoms with Crippen molar-refractivity contribution < 1.29 is 0 Å². The van der Waals surface area contributed by atoms with Gasteiger partial charge in [-0.2, -0.15) is 0 Å². The predicted octanol–water partition coefficient (Wildman–Crippen LogP) is 4.53. The topological polar surface area (TPSA) is 6.48 Å². The van der Waals surface area contributed by atoms with Crippen LogP contribution in [0.5, 0.6) is 0 Å². The van der Waals surface area contributed by atoms with Crippen LogP contribution in [0.1, 0.15) is 33.3 Å². The molecular weight excluding hydrogens is 287 g/mol. The molecule has 0 spiro atoms. The van der Waals surface area contributed by atoms with Gasteiger partial charge in [0.1, 0.15) is 0 Å². The van der Waals surface area contributed by atoms with E-state index in [0.29, 0.717) is 12.1 Å². The van der Waals surface area contributed by atoms with Gasteiger partial charge in [-0.1, -0.05) is 30.3 Å². The molecule has 0 aromatic heterocycles. The second-order valence-corrected chi connectivity index (χ2v) is 9.21. The molecule has 2 heterocycles. The largest absolute Gasteiger partial charge is 0.295 e. The second kappa shape index (κ2) is 6.83. The molecule has 2 atom stereocenters. The lowest BCUT2D eigenvalue weighted by Gasteiger charge is -2.36. The Hall–Kier alpha value is -0.690. The summed E-state index contributed by atoms with van der Waals surface area (Å²) in [6.45, 7) is 12.9. The van der Waals surface area contributed by atoms with Gasteiger partial charge in [0.25, 0.3) is 0 Å². The molecule has 2 aliphatic rings. The highest BCUT2D eigenvalue weighted by Crippen LogP contribution is 2.55. The molecule has 1 aromatic carbocycles. The van der Waals surface area contributed by atoms with E-state index in [2.05, 4.69) is 73.4 Å². The zero-order valence-corrected chi connectivity index (χ0v) is 15.3. The number of benzene rings is 1. The van der Waals surface area contributed by atoms with Gasteiger partial charge in [-0.15, -0.1) is 0 Å². The molecule has 1 saturated heterocycles. The number of rotatable bonds is 5. The Balaban J connectivity index is 1.63. The normalized spacial score (nSPS) is 25.3. The summed E-state index contributed by atoms with van der Waals surface area (Å²) in [5, 5.41) is 0. The van der Waals surface area contributed by atoms with Crippen LogP contribution in [0.25, 0.3) is 0 Å². The zero-order chi connectivity index (χ0) is 15.7. The molecule has 0 amide bonds. The molecule has 1 aromatic rings. The van der Waals surface area contributed by atoms with E-state index in [-0.39, 0.29) is 8.07 Å². The van der Waals surface area contributed by atoms with Crippen LogP contribution < -0.4 is 0 Å². The van der Waals surface area contributed by atoms with Crippen molar-refractivity contribution in [3.63, 3.8) is 0 Å². The van der Waals surface area contributed by atoms with Crippen LogP contribution in [0.3, 0.4) is 0 Å². The third kappa shape index (κ3) is 3.45. The Labute approximate surface area is 137 Å². The van der Waals surface area contributed by atoms with Gasteiger partial charge in [0.05, 0.1) is 0 Å². The van der Waals surface area contributed by atoms with Crippen LogP contribution in [0, 0.1) is 5.92 Å². The maximum absolute atomic E-state index is 2.74. The molecule has 0 saturated carbocycles. The SMILES string of the molecule is CC(C)N(C(C)C)P1C=C2CN(Cc3ccccc3)CC2C1. The molecular formula is C19H29N2P. The molecule has 0 aliphatic carbocycles. The Morgan fingerprint density at radius 1 is 1.14 bits per heavy atom. The fourth-order valence-corrected chi connectivity index (χ4v) is 7.08. The predicted molar refractivity (Wildman–Crippen MR) is 97.2 cm³/mol. The van der Waals surface area contributed by atoms with Crippen molar-refractivity contribution in [2.45, 2.75) is 46.3 Å². The van der Waals surface area contributed by atoms with Crippen molar-refractivity contribution in [3.8, 4) is 0 Å². The summed E-state index contributed by atoms with van der Waals surface area (Å²) in [7, 11) is -0.0544. The summed E-state index contributed by atoms with van der Waals surface area (Å²) in [4.78, 5) is 2.62. The minimum atomic E-state index is -0.0544. The van der Waals surface area contributed by atoms with Crippen LogP contribution in [-0.2, 0) is 6.54 Å². The average Bonchev–Trinajstić information content (AvgIpc) is 2.97. The van der Waals surface area contributed by atoms with E-state index < -0.39 is 0 Å². The molecule has 0 radical (unpaired) electrons. The first-order valence-electron chi connectivity index (χ1n) is 8.56. The Kier molecular flexibility index (Phi) is 5.02. The van der Waals surface area contributed by atoms with E-state index >= 15 is 0 Å². The standard InChI is InChI=1S/C19H29N2P/c1-15(2)21(16(3)4)22-13-18-11-20(12-19(18)14-22)10-17-8-6-5-7-9-17/h5-9,13,15-16,19H,10-12,14H2,1-4H3. The van der Waals surface area contributed by atoms with Crippen LogP contribution in [0.2, 0.25) is 0 Å². The van der Waals surface area contributed by atoms with E-state index in [1.54, 1.807) is 5.57 Å². The molecule has 2 aliphatic heterocycles. The van der Waals surface area contributed by atoms with E-state index in [0.717, 1.165) is 12.5 Å². The molecule has 2 unspecified atom stereocenters. The Bertz CT molecular complexity index is 515. The summed E-state index contributed by atoms with van der Waals surface area (Å²) < 4.78 is 2.74. The average molecular weight is 316 g/mol. The van der Waals surface area contributed by atoms with Crippen LogP contribution in [0.4, 0.5) is 0 Å². The maximum atomic E-state index is 2.74. The molecule has 2 nitrogen and oxygen atoms in total. The van der Waals surface area contributed by atoms with Gasteiger partial charge in [-0.3, -0.25) is 9.57 Å². The van der Waals surface area contributed by atoms with Gasteiger partial charge in [0.2, 0.25) is 0 Å². The number of likely N-dealkylation sites (tertiary alicyclic amines) is 1. The van der Waals surface area contributed by atoms with Crippen LogP contribution in [-0.4, -0.2) is 40.9 Å². The molecule has 3 rings (SSSR count). The molecule has 22 heavy (non-hydrogen) atoms. The van der Waals surface area contributed by atoms with Crippen molar-refractivity contribution in [2.75, 3.05) is 19.3 Å². The zero-order valence-electron chi connectivity index (χ0n) is 14.4. The van der Waals surface area contributed by atoms with Gasteiger partial charge in [0, 0.05) is 31.7 Å². The van der Waals surface area contributed by atoms with Gasteiger partial charge in [-0.05, 0) is 64.8 Å². The molecule has 0 bridgehead atoms. The number of nitrogens with zero attached hydrogens (tertiary/aromatic N) is 2. The summed E-state index contributed by atoms with van der Waals surface area (Å²) in [6.07, 6.45) is 1.38. The Morgan fingerprint density at radius 2 is 1.82 bits per heavy atom. The third-order valence-electron chi connectivity index (χ3n) is 4.74. The summed E-state index contributed by atoms with van der Waals surface area (Å²) in [5.74, 6) is 3.46. The molecule has 120 valence electrons. The van der Waals surface area contributed by atoms with E-state index in [9.17, 15) is 0 Å². The molecule has 1 fully saturated rings. The fourth-order valence-electron chi connectivity index (χ4n) is 3.98. The highest BCUT2D eigenvalue weighted by Gasteiger charge is 2.37. The highest BCUT2D eigenvalue weighted by molar-refractivity contribution is 7.59. The van der Waals surface area contributed by atoms with E-state index in [4.69, 9.17) is 0 Å². The van der Waals surface area contributed by atoms with Gasteiger partial charge in [-0.25, -0.2) is 0 Å². The number of hydrogen-bond donors (Lipinski definition) is 0. The number of fused-ring (bicyclic) bond motifs is 1. The van der Waals surface area contributed by atoms with Crippen LogP contribution >= 0.6 is 8.07 Å². The van der Waals surface area contributed by atoms with Gasteiger partial charge < -0.3 is 0 Å².